The van der Waals surface area contributed by atoms with Gasteiger partial charge in [0.2, 0.25) is 0 Å². The number of ether oxygens (including phenoxy) is 1. The first-order valence-electron chi connectivity index (χ1n) is 8.11. The van der Waals surface area contributed by atoms with Gasteiger partial charge in [0.25, 0.3) is 5.91 Å². The van der Waals surface area contributed by atoms with E-state index in [1.54, 1.807) is 41.9 Å². The van der Waals surface area contributed by atoms with E-state index in [2.05, 4.69) is 9.97 Å². The summed E-state index contributed by atoms with van der Waals surface area (Å²) in [5.74, 6) is 0.351. The molecule has 0 bridgehead atoms. The minimum Gasteiger partial charge on any atom is -0.455 e. The van der Waals surface area contributed by atoms with Gasteiger partial charge in [0, 0.05) is 23.3 Å². The summed E-state index contributed by atoms with van der Waals surface area (Å²) in [4.78, 5) is 19.0. The predicted octanol–water partition coefficient (Wildman–Crippen LogP) is 4.28. The van der Waals surface area contributed by atoms with Crippen molar-refractivity contribution in [3.05, 3.63) is 78.1 Å². The summed E-state index contributed by atoms with van der Waals surface area (Å²) in [5, 5.41) is 8.68. The lowest BCUT2D eigenvalue weighted by atomic mass is 10.1. The third kappa shape index (κ3) is 3.36. The molecule has 0 unspecified atom stereocenters. The molecule has 0 aliphatic heterocycles. The molecule has 0 aliphatic carbocycles. The third-order valence-corrected chi connectivity index (χ3v) is 4.01. The Morgan fingerprint density at radius 3 is 2.52 bits per heavy atom. The van der Waals surface area contributed by atoms with Gasteiger partial charge in [-0.3, -0.25) is 10.0 Å². The highest BCUT2D eigenvalue weighted by molar-refractivity contribution is 5.94. The number of carbonyl (C=O) groups excluding carboxylic acids is 1. The van der Waals surface area contributed by atoms with E-state index in [0.29, 0.717) is 39.5 Å². The van der Waals surface area contributed by atoms with Gasteiger partial charge in [0.15, 0.2) is 5.75 Å². The Bertz CT molecular complexity index is 1110. The van der Waals surface area contributed by atoms with E-state index in [0.717, 1.165) is 0 Å². The number of nitrogens with zero attached hydrogens (tertiary/aromatic N) is 1. The van der Waals surface area contributed by atoms with Crippen LogP contribution in [0.4, 0.5) is 4.39 Å². The van der Waals surface area contributed by atoms with Crippen molar-refractivity contribution in [2.24, 2.45) is 0 Å². The van der Waals surface area contributed by atoms with Crippen LogP contribution in [0.5, 0.6) is 11.5 Å². The van der Waals surface area contributed by atoms with Crippen LogP contribution in [-0.4, -0.2) is 21.1 Å². The Hall–Kier alpha value is -3.71. The average Bonchev–Trinajstić information content (AvgIpc) is 3.12. The second kappa shape index (κ2) is 6.89. The van der Waals surface area contributed by atoms with Crippen molar-refractivity contribution in [2.75, 3.05) is 0 Å². The monoisotopic (exact) mass is 363 g/mol. The number of carbonyl (C=O) groups is 1. The van der Waals surface area contributed by atoms with Crippen molar-refractivity contribution >= 4 is 16.9 Å². The van der Waals surface area contributed by atoms with Crippen molar-refractivity contribution in [3.63, 3.8) is 0 Å². The van der Waals surface area contributed by atoms with Gasteiger partial charge in [-0.25, -0.2) is 14.9 Å². The molecule has 7 heteroatoms. The van der Waals surface area contributed by atoms with E-state index in [-0.39, 0.29) is 0 Å². The molecule has 0 saturated carbocycles. The number of para-hydroxylation sites is 1. The summed E-state index contributed by atoms with van der Waals surface area (Å²) in [6.07, 6.45) is 0. The van der Waals surface area contributed by atoms with Crippen LogP contribution in [0.1, 0.15) is 10.4 Å². The van der Waals surface area contributed by atoms with E-state index in [9.17, 15) is 9.18 Å². The van der Waals surface area contributed by atoms with Crippen LogP contribution >= 0.6 is 0 Å². The van der Waals surface area contributed by atoms with Crippen LogP contribution < -0.4 is 10.2 Å². The lowest BCUT2D eigenvalue weighted by Gasteiger charge is -2.06. The number of aromatic amines is 1. The molecule has 0 aliphatic rings. The molecule has 0 spiro atoms. The van der Waals surface area contributed by atoms with Crippen LogP contribution in [0.2, 0.25) is 0 Å². The van der Waals surface area contributed by atoms with Crippen molar-refractivity contribution in [3.8, 4) is 22.9 Å². The number of halogens is 1. The predicted molar refractivity (Wildman–Crippen MR) is 97.3 cm³/mol. The molecule has 3 aromatic carbocycles. The SMILES string of the molecule is O=C(NO)c1ccc(-c2nc3cc(F)cc(Oc4ccccc4)c3[nH]2)cc1. The summed E-state index contributed by atoms with van der Waals surface area (Å²) in [6, 6.07) is 18.1. The van der Waals surface area contributed by atoms with Gasteiger partial charge < -0.3 is 9.72 Å². The fraction of sp³-hybridized carbons (Fsp3) is 0. The smallest absolute Gasteiger partial charge is 0.274 e. The first-order valence-corrected chi connectivity index (χ1v) is 8.11. The van der Waals surface area contributed by atoms with E-state index >= 15 is 0 Å². The van der Waals surface area contributed by atoms with Gasteiger partial charge in [-0.05, 0) is 24.3 Å². The number of nitrogens with one attached hydrogen (secondary N) is 2. The van der Waals surface area contributed by atoms with Crippen LogP contribution in [0, 0.1) is 5.82 Å². The molecule has 1 amide bonds. The Morgan fingerprint density at radius 2 is 1.81 bits per heavy atom. The molecule has 4 aromatic rings. The van der Waals surface area contributed by atoms with Crippen LogP contribution in [0.3, 0.4) is 0 Å². The molecule has 1 aromatic heterocycles. The Morgan fingerprint density at radius 1 is 1.07 bits per heavy atom. The molecule has 1 heterocycles. The largest absolute Gasteiger partial charge is 0.455 e. The number of fused-ring (bicyclic) bond motifs is 1. The van der Waals surface area contributed by atoms with E-state index in [1.807, 2.05) is 18.2 Å². The van der Waals surface area contributed by atoms with Crippen molar-refractivity contribution in [1.82, 2.24) is 15.4 Å². The minimum atomic E-state index is -0.605. The Kier molecular flexibility index (Phi) is 4.27. The topological polar surface area (TPSA) is 87.2 Å². The quantitative estimate of drug-likeness (QED) is 0.373. The van der Waals surface area contributed by atoms with Crippen LogP contribution in [0.25, 0.3) is 22.4 Å². The van der Waals surface area contributed by atoms with Crippen LogP contribution in [-0.2, 0) is 0 Å². The molecule has 27 heavy (non-hydrogen) atoms. The molecule has 6 nitrogen and oxygen atoms in total. The van der Waals surface area contributed by atoms with Gasteiger partial charge in [-0.1, -0.05) is 30.3 Å². The zero-order valence-electron chi connectivity index (χ0n) is 13.9. The van der Waals surface area contributed by atoms with Crippen molar-refractivity contribution < 1.29 is 19.1 Å². The lowest BCUT2D eigenvalue weighted by molar-refractivity contribution is 0.0706. The summed E-state index contributed by atoms with van der Waals surface area (Å²) < 4.78 is 19.8. The first-order chi connectivity index (χ1) is 13.1. The number of rotatable bonds is 4. The van der Waals surface area contributed by atoms with Gasteiger partial charge in [0.1, 0.15) is 22.9 Å². The Labute approximate surface area is 153 Å². The maximum Gasteiger partial charge on any atom is 0.274 e. The summed E-state index contributed by atoms with van der Waals surface area (Å²) in [5.41, 5.74) is 3.57. The number of amides is 1. The fourth-order valence-corrected chi connectivity index (χ4v) is 2.73. The highest BCUT2D eigenvalue weighted by Gasteiger charge is 2.13. The zero-order chi connectivity index (χ0) is 18.8. The number of hydrogen-bond donors (Lipinski definition) is 3. The average molecular weight is 363 g/mol. The normalized spacial score (nSPS) is 10.7. The second-order valence-corrected chi connectivity index (χ2v) is 5.82. The number of imidazole rings is 1. The zero-order valence-corrected chi connectivity index (χ0v) is 13.9. The fourth-order valence-electron chi connectivity index (χ4n) is 2.73. The molecular weight excluding hydrogens is 349 g/mol. The highest BCUT2D eigenvalue weighted by atomic mass is 19.1. The minimum absolute atomic E-state index is 0.302. The number of hydrogen-bond acceptors (Lipinski definition) is 4. The molecule has 4 rings (SSSR count). The van der Waals surface area contributed by atoms with E-state index < -0.39 is 11.7 Å². The number of aromatic nitrogens is 2. The lowest BCUT2D eigenvalue weighted by Crippen LogP contribution is -2.18. The van der Waals surface area contributed by atoms with Crippen molar-refractivity contribution in [2.45, 2.75) is 0 Å². The van der Waals surface area contributed by atoms with Crippen molar-refractivity contribution in [1.29, 1.82) is 0 Å². The van der Waals surface area contributed by atoms with Gasteiger partial charge in [-0.15, -0.1) is 0 Å². The summed E-state index contributed by atoms with van der Waals surface area (Å²) in [7, 11) is 0. The molecular formula is C20H14FN3O3. The maximum atomic E-state index is 14.0. The van der Waals surface area contributed by atoms with E-state index in [1.165, 1.54) is 12.1 Å². The molecule has 0 radical (unpaired) electrons. The molecule has 3 N–H and O–H groups in total. The molecule has 134 valence electrons. The first kappa shape index (κ1) is 16.7. The molecule has 0 saturated heterocycles. The van der Waals surface area contributed by atoms with Gasteiger partial charge in [-0.2, -0.15) is 0 Å². The van der Waals surface area contributed by atoms with Gasteiger partial charge in [0.05, 0.1) is 5.52 Å². The summed E-state index contributed by atoms with van der Waals surface area (Å²) in [6.45, 7) is 0. The third-order valence-electron chi connectivity index (χ3n) is 4.01. The van der Waals surface area contributed by atoms with E-state index in [4.69, 9.17) is 9.94 Å². The second-order valence-electron chi connectivity index (χ2n) is 5.82. The standard InChI is InChI=1S/C20H14FN3O3/c21-14-10-16-18(17(11-14)27-15-4-2-1-3-5-15)23-19(22-16)12-6-8-13(9-7-12)20(25)24-26/h1-11,26H,(H,22,23)(H,24,25). The maximum absolute atomic E-state index is 14.0. The Balaban J connectivity index is 1.73. The summed E-state index contributed by atoms with van der Waals surface area (Å²) >= 11 is 0. The van der Waals surface area contributed by atoms with Crippen LogP contribution in [0.15, 0.2) is 66.7 Å². The molecule has 0 fully saturated rings. The molecule has 0 atom stereocenters. The number of benzene rings is 3. The van der Waals surface area contributed by atoms with Gasteiger partial charge >= 0.3 is 0 Å². The number of hydroxylamine groups is 1. The highest BCUT2D eigenvalue weighted by Crippen LogP contribution is 2.31. The number of H-pyrrole nitrogens is 1.